The molecule has 0 atom stereocenters. The molecule has 0 aromatic heterocycles. The highest BCUT2D eigenvalue weighted by molar-refractivity contribution is 7.90. The zero-order valence-electron chi connectivity index (χ0n) is 18.9. The number of amidine groups is 1. The third-order valence-electron chi connectivity index (χ3n) is 5.10. The van der Waals surface area contributed by atoms with Crippen molar-refractivity contribution in [2.24, 2.45) is 10.7 Å². The second-order valence-corrected chi connectivity index (χ2v) is 10.4. The number of amides is 1. The molecule has 8 nitrogen and oxygen atoms in total. The lowest BCUT2D eigenvalue weighted by Crippen LogP contribution is -2.50. The average molecular weight is 489 g/mol. The zero-order chi connectivity index (χ0) is 24.2. The first kappa shape index (κ1) is 24.7. The van der Waals surface area contributed by atoms with E-state index in [9.17, 15) is 13.2 Å². The number of ether oxygens (including phenoxy) is 1. The first-order valence-electron chi connectivity index (χ1n) is 10.5. The molecule has 10 heteroatoms. The molecule has 2 aromatic carbocycles. The summed E-state index contributed by atoms with van der Waals surface area (Å²) in [6.07, 6.45) is 0.948. The van der Waals surface area contributed by atoms with Gasteiger partial charge in [0.25, 0.3) is 5.91 Å². The van der Waals surface area contributed by atoms with Crippen LogP contribution >= 0.6 is 12.2 Å². The first-order valence-corrected chi connectivity index (χ1v) is 12.8. The Morgan fingerprint density at radius 3 is 2.24 bits per heavy atom. The number of thiocarbonyl (C=S) groups is 1. The van der Waals surface area contributed by atoms with Gasteiger partial charge in [0.2, 0.25) is 0 Å². The van der Waals surface area contributed by atoms with E-state index in [1.807, 2.05) is 49.1 Å². The van der Waals surface area contributed by atoms with Crippen molar-refractivity contribution < 1.29 is 17.9 Å². The van der Waals surface area contributed by atoms with Crippen LogP contribution in [0.15, 0.2) is 58.4 Å². The maximum absolute atomic E-state index is 13.3. The van der Waals surface area contributed by atoms with Crippen LogP contribution < -0.4 is 10.5 Å². The maximum atomic E-state index is 13.3. The van der Waals surface area contributed by atoms with E-state index < -0.39 is 9.84 Å². The van der Waals surface area contributed by atoms with Gasteiger partial charge in [-0.15, -0.1) is 0 Å². The molecule has 2 aromatic rings. The van der Waals surface area contributed by atoms with Gasteiger partial charge >= 0.3 is 0 Å². The van der Waals surface area contributed by atoms with Gasteiger partial charge in [0.1, 0.15) is 11.6 Å². The van der Waals surface area contributed by atoms with E-state index in [0.717, 1.165) is 11.8 Å². The normalized spacial score (nSPS) is 15.0. The molecule has 1 aliphatic rings. The Kier molecular flexibility index (Phi) is 7.70. The molecule has 1 heterocycles. The molecule has 0 spiro atoms. The summed E-state index contributed by atoms with van der Waals surface area (Å²) in [7, 11) is -3.47. The van der Waals surface area contributed by atoms with Crippen molar-refractivity contribution in [2.75, 3.05) is 32.4 Å². The van der Waals surface area contributed by atoms with E-state index in [1.165, 1.54) is 18.2 Å². The van der Waals surface area contributed by atoms with Gasteiger partial charge in [-0.05, 0) is 44.3 Å². The Balaban J connectivity index is 1.73. The van der Waals surface area contributed by atoms with Crippen LogP contribution in [0.3, 0.4) is 0 Å². The average Bonchev–Trinajstić information content (AvgIpc) is 2.78. The Bertz CT molecular complexity index is 1160. The molecule has 0 radical (unpaired) electrons. The summed E-state index contributed by atoms with van der Waals surface area (Å²) in [6, 6.07) is 13.7. The molecule has 0 aliphatic carbocycles. The maximum Gasteiger partial charge on any atom is 0.257 e. The van der Waals surface area contributed by atoms with Gasteiger partial charge < -0.3 is 20.3 Å². The summed E-state index contributed by atoms with van der Waals surface area (Å²) >= 11 is 5.44. The number of aliphatic imine (C=N–C) groups is 1. The third-order valence-corrected chi connectivity index (χ3v) is 6.56. The fraction of sp³-hybridized carbons (Fsp3) is 0.348. The number of carbonyl (C=O) groups is 1. The van der Waals surface area contributed by atoms with Crippen LogP contribution in [-0.2, 0) is 9.84 Å². The van der Waals surface area contributed by atoms with Gasteiger partial charge in [-0.1, -0.05) is 30.3 Å². The molecule has 0 bridgehead atoms. The Morgan fingerprint density at radius 2 is 1.67 bits per heavy atom. The van der Waals surface area contributed by atoms with Crippen LogP contribution in [0.5, 0.6) is 5.75 Å². The highest BCUT2D eigenvalue weighted by Crippen LogP contribution is 2.26. The molecule has 0 unspecified atom stereocenters. The predicted octanol–water partition coefficient (Wildman–Crippen LogP) is 2.33. The van der Waals surface area contributed by atoms with E-state index >= 15 is 0 Å². The summed E-state index contributed by atoms with van der Waals surface area (Å²) in [4.78, 5) is 21.3. The van der Waals surface area contributed by atoms with Gasteiger partial charge in [0.05, 0.1) is 16.6 Å². The Labute approximate surface area is 200 Å². The molecule has 3 rings (SSSR count). The number of piperazine rings is 1. The van der Waals surface area contributed by atoms with Crippen molar-refractivity contribution >= 4 is 38.9 Å². The minimum Gasteiger partial charge on any atom is -0.490 e. The molecule has 1 saturated heterocycles. The number of nitrogens with two attached hydrogens (primary N) is 1. The monoisotopic (exact) mass is 488 g/mol. The van der Waals surface area contributed by atoms with Gasteiger partial charge in [-0.3, -0.25) is 4.79 Å². The van der Waals surface area contributed by atoms with Gasteiger partial charge in [0.15, 0.2) is 14.9 Å². The number of carbonyl (C=O) groups excluding carboxylic acids is 1. The lowest BCUT2D eigenvalue weighted by molar-refractivity contribution is 0.0686. The van der Waals surface area contributed by atoms with Crippen LogP contribution in [0, 0.1) is 0 Å². The van der Waals surface area contributed by atoms with Gasteiger partial charge in [0, 0.05) is 38.0 Å². The molecule has 1 fully saturated rings. The zero-order valence-corrected chi connectivity index (χ0v) is 20.5. The number of nitrogens with zero attached hydrogens (tertiary/aromatic N) is 3. The number of hydrogen-bond acceptors (Lipinski definition) is 5. The van der Waals surface area contributed by atoms with E-state index in [4.69, 9.17) is 22.7 Å². The molecular formula is C23H28N4O4S2. The first-order chi connectivity index (χ1) is 15.6. The highest BCUT2D eigenvalue weighted by Gasteiger charge is 2.27. The van der Waals surface area contributed by atoms with Crippen molar-refractivity contribution in [1.29, 1.82) is 0 Å². The summed E-state index contributed by atoms with van der Waals surface area (Å²) in [5.74, 6) is 0.418. The smallest absolute Gasteiger partial charge is 0.257 e. The van der Waals surface area contributed by atoms with Crippen LogP contribution in [0.25, 0.3) is 0 Å². The Hall–Kier alpha value is -2.98. The van der Waals surface area contributed by atoms with Crippen molar-refractivity contribution in [2.45, 2.75) is 24.8 Å². The molecule has 1 aliphatic heterocycles. The van der Waals surface area contributed by atoms with E-state index in [1.54, 1.807) is 4.90 Å². The minimum atomic E-state index is -3.47. The summed E-state index contributed by atoms with van der Waals surface area (Å²) in [6.45, 7) is 5.48. The van der Waals surface area contributed by atoms with Crippen LogP contribution in [-0.4, -0.2) is 73.6 Å². The lowest BCUT2D eigenvalue weighted by Gasteiger charge is -2.35. The lowest BCUT2D eigenvalue weighted by atomic mass is 10.1. The van der Waals surface area contributed by atoms with E-state index in [2.05, 4.69) is 4.99 Å². The number of rotatable bonds is 5. The minimum absolute atomic E-state index is 0.0764. The van der Waals surface area contributed by atoms with E-state index in [-0.39, 0.29) is 22.5 Å². The SMILES string of the molecule is CC(C)Oc1ccc(S(C)(=O)=O)cc1C(=O)N1CCN(C(=S)N=C(N)c2ccccc2)CC1. The Morgan fingerprint density at radius 1 is 1.06 bits per heavy atom. The quantitative estimate of drug-likeness (QED) is 0.391. The fourth-order valence-corrected chi connectivity index (χ4v) is 4.31. The molecule has 1 amide bonds. The van der Waals surface area contributed by atoms with Crippen molar-refractivity contribution in [3.63, 3.8) is 0 Å². The summed E-state index contributed by atoms with van der Waals surface area (Å²) in [5, 5.41) is 0.367. The number of sulfone groups is 1. The van der Waals surface area contributed by atoms with Crippen molar-refractivity contribution in [3.05, 3.63) is 59.7 Å². The van der Waals surface area contributed by atoms with Crippen LogP contribution in [0.1, 0.15) is 29.8 Å². The fourth-order valence-electron chi connectivity index (χ4n) is 3.38. The standard InChI is InChI=1S/C23H28N4O4S2/c1-16(2)31-20-10-9-18(33(3,29)30)15-19(20)22(28)26-11-13-27(14-12-26)23(32)25-21(24)17-7-5-4-6-8-17/h4-10,15-16H,11-14H2,1-3H3,(H2,24,25,32). The topological polar surface area (TPSA) is 105 Å². The second-order valence-electron chi connectivity index (χ2n) is 8.02. The molecule has 0 saturated carbocycles. The van der Waals surface area contributed by atoms with Crippen LogP contribution in [0.4, 0.5) is 0 Å². The summed E-state index contributed by atoms with van der Waals surface area (Å²) in [5.41, 5.74) is 7.09. The largest absolute Gasteiger partial charge is 0.490 e. The third kappa shape index (κ3) is 6.29. The van der Waals surface area contributed by atoms with Gasteiger partial charge in [-0.2, -0.15) is 0 Å². The second kappa shape index (κ2) is 10.3. The molecule has 176 valence electrons. The summed E-state index contributed by atoms with van der Waals surface area (Å²) < 4.78 is 29.8. The van der Waals surface area contributed by atoms with E-state index in [0.29, 0.717) is 42.9 Å². The predicted molar refractivity (Wildman–Crippen MR) is 133 cm³/mol. The van der Waals surface area contributed by atoms with Gasteiger partial charge in [-0.25, -0.2) is 13.4 Å². The van der Waals surface area contributed by atoms with Crippen molar-refractivity contribution in [1.82, 2.24) is 9.80 Å². The number of benzene rings is 2. The molecule has 33 heavy (non-hydrogen) atoms. The van der Waals surface area contributed by atoms with Crippen LogP contribution in [0.2, 0.25) is 0 Å². The number of hydrogen-bond donors (Lipinski definition) is 1. The van der Waals surface area contributed by atoms with Crippen molar-refractivity contribution in [3.8, 4) is 5.75 Å². The molecular weight excluding hydrogens is 460 g/mol. The molecule has 2 N–H and O–H groups in total. The highest BCUT2D eigenvalue weighted by atomic mass is 32.2.